The molecule has 0 bridgehead atoms. The summed E-state index contributed by atoms with van der Waals surface area (Å²) < 4.78 is 1.61. The largest absolute Gasteiger partial charge is 0.350 e. The van der Waals surface area contributed by atoms with Crippen LogP contribution in [0.2, 0.25) is 0 Å². The molecule has 6 nitrogen and oxygen atoms in total. The highest BCUT2D eigenvalue weighted by atomic mass is 16.2. The maximum absolute atomic E-state index is 12.2. The monoisotopic (exact) mass is 313 g/mol. The molecule has 1 aromatic heterocycles. The zero-order valence-electron chi connectivity index (χ0n) is 13.5. The third kappa shape index (κ3) is 4.16. The van der Waals surface area contributed by atoms with Gasteiger partial charge in [-0.25, -0.2) is 4.68 Å². The van der Waals surface area contributed by atoms with Crippen molar-refractivity contribution in [1.82, 2.24) is 25.2 Å². The summed E-state index contributed by atoms with van der Waals surface area (Å²) >= 11 is 0. The Kier molecular flexibility index (Phi) is 5.02. The van der Waals surface area contributed by atoms with Gasteiger partial charge in [0.2, 0.25) is 0 Å². The standard InChI is InChI=1S/C17H23N5O/c1-14(12-21-9-5-6-10-21)11-18-17(23)16-13-22(20-19-16)15-7-3-2-4-8-15/h2-4,7-8,13-14H,5-6,9-12H2,1H3,(H,18,23)/t14-/m0/s1. The molecule has 1 aliphatic heterocycles. The molecule has 0 aliphatic carbocycles. The molecule has 1 aliphatic rings. The highest BCUT2D eigenvalue weighted by Crippen LogP contribution is 2.10. The van der Waals surface area contributed by atoms with Crippen molar-refractivity contribution in [3.8, 4) is 5.69 Å². The van der Waals surface area contributed by atoms with Gasteiger partial charge in [0.25, 0.3) is 5.91 Å². The van der Waals surface area contributed by atoms with Gasteiger partial charge in [-0.2, -0.15) is 0 Å². The Hall–Kier alpha value is -2.21. The van der Waals surface area contributed by atoms with E-state index in [1.54, 1.807) is 10.9 Å². The van der Waals surface area contributed by atoms with E-state index in [9.17, 15) is 4.79 Å². The van der Waals surface area contributed by atoms with Crippen LogP contribution >= 0.6 is 0 Å². The molecule has 23 heavy (non-hydrogen) atoms. The third-order valence-corrected chi connectivity index (χ3v) is 4.13. The van der Waals surface area contributed by atoms with Gasteiger partial charge in [0.05, 0.1) is 11.9 Å². The van der Waals surface area contributed by atoms with Crippen LogP contribution in [-0.4, -0.2) is 52.0 Å². The molecule has 2 aromatic rings. The van der Waals surface area contributed by atoms with Gasteiger partial charge < -0.3 is 10.2 Å². The van der Waals surface area contributed by atoms with Crippen molar-refractivity contribution in [3.63, 3.8) is 0 Å². The van der Waals surface area contributed by atoms with E-state index in [0.717, 1.165) is 12.2 Å². The average Bonchev–Trinajstić information content (AvgIpc) is 3.25. The second-order valence-corrected chi connectivity index (χ2v) is 6.21. The maximum Gasteiger partial charge on any atom is 0.273 e. The Labute approximate surface area is 136 Å². The van der Waals surface area contributed by atoms with E-state index in [4.69, 9.17) is 0 Å². The quantitative estimate of drug-likeness (QED) is 0.882. The number of likely N-dealkylation sites (tertiary alicyclic amines) is 1. The van der Waals surface area contributed by atoms with E-state index >= 15 is 0 Å². The van der Waals surface area contributed by atoms with Crippen molar-refractivity contribution in [2.75, 3.05) is 26.2 Å². The number of aromatic nitrogens is 3. The summed E-state index contributed by atoms with van der Waals surface area (Å²) in [5.41, 5.74) is 1.24. The van der Waals surface area contributed by atoms with Gasteiger partial charge >= 0.3 is 0 Å². The predicted molar refractivity (Wildman–Crippen MR) is 88.5 cm³/mol. The molecule has 1 atom stereocenters. The minimum Gasteiger partial charge on any atom is -0.350 e. The third-order valence-electron chi connectivity index (χ3n) is 4.13. The number of carbonyl (C=O) groups excluding carboxylic acids is 1. The fourth-order valence-corrected chi connectivity index (χ4v) is 2.90. The van der Waals surface area contributed by atoms with Crippen LogP contribution in [0.5, 0.6) is 0 Å². The van der Waals surface area contributed by atoms with E-state index in [1.807, 2.05) is 30.3 Å². The van der Waals surface area contributed by atoms with Crippen LogP contribution in [0.4, 0.5) is 0 Å². The Balaban J connectivity index is 1.51. The molecule has 1 N–H and O–H groups in total. The van der Waals surface area contributed by atoms with Crippen molar-refractivity contribution in [1.29, 1.82) is 0 Å². The molecule has 1 saturated heterocycles. The first-order valence-corrected chi connectivity index (χ1v) is 8.20. The number of hydrogen-bond donors (Lipinski definition) is 1. The lowest BCUT2D eigenvalue weighted by molar-refractivity contribution is 0.0940. The van der Waals surface area contributed by atoms with Crippen LogP contribution in [0.1, 0.15) is 30.3 Å². The summed E-state index contributed by atoms with van der Waals surface area (Å²) in [7, 11) is 0. The number of rotatable bonds is 6. The van der Waals surface area contributed by atoms with Crippen LogP contribution in [-0.2, 0) is 0 Å². The molecule has 0 unspecified atom stereocenters. The Morgan fingerprint density at radius 2 is 2.00 bits per heavy atom. The van der Waals surface area contributed by atoms with Gasteiger partial charge in [0.15, 0.2) is 5.69 Å². The van der Waals surface area contributed by atoms with E-state index in [0.29, 0.717) is 18.2 Å². The molecule has 0 radical (unpaired) electrons. The van der Waals surface area contributed by atoms with Gasteiger partial charge in [-0.1, -0.05) is 30.3 Å². The number of nitrogens with one attached hydrogen (secondary N) is 1. The zero-order chi connectivity index (χ0) is 16.1. The highest BCUT2D eigenvalue weighted by molar-refractivity contribution is 5.91. The first-order valence-electron chi connectivity index (χ1n) is 8.20. The van der Waals surface area contributed by atoms with E-state index in [2.05, 4.69) is 27.5 Å². The Bertz CT molecular complexity index is 633. The first kappa shape index (κ1) is 15.7. The second kappa shape index (κ2) is 7.37. The lowest BCUT2D eigenvalue weighted by atomic mass is 10.1. The van der Waals surface area contributed by atoms with Crippen LogP contribution in [0.25, 0.3) is 5.69 Å². The van der Waals surface area contributed by atoms with Crippen LogP contribution < -0.4 is 5.32 Å². The number of benzene rings is 1. The summed E-state index contributed by atoms with van der Waals surface area (Å²) in [6, 6.07) is 9.65. The average molecular weight is 313 g/mol. The molecule has 122 valence electrons. The molecule has 2 heterocycles. The van der Waals surface area contributed by atoms with Gasteiger partial charge in [0, 0.05) is 13.1 Å². The van der Waals surface area contributed by atoms with Crippen LogP contribution in [0.3, 0.4) is 0 Å². The molecule has 0 spiro atoms. The van der Waals surface area contributed by atoms with Crippen LogP contribution in [0, 0.1) is 5.92 Å². The van der Waals surface area contributed by atoms with Crippen molar-refractivity contribution >= 4 is 5.91 Å². The smallest absolute Gasteiger partial charge is 0.273 e. The zero-order valence-corrected chi connectivity index (χ0v) is 13.5. The summed E-state index contributed by atoms with van der Waals surface area (Å²) in [5.74, 6) is 0.265. The molecule has 0 saturated carbocycles. The minimum absolute atomic E-state index is 0.166. The lowest BCUT2D eigenvalue weighted by Gasteiger charge is -2.20. The SMILES string of the molecule is C[C@@H](CNC(=O)c1cn(-c2ccccc2)nn1)CN1CCCC1. The number of nitrogens with zero attached hydrogens (tertiary/aromatic N) is 4. The van der Waals surface area contributed by atoms with Gasteiger partial charge in [-0.05, 0) is 44.0 Å². The second-order valence-electron chi connectivity index (χ2n) is 6.21. The van der Waals surface area contributed by atoms with E-state index in [1.165, 1.54) is 25.9 Å². The number of carbonyl (C=O) groups is 1. The number of para-hydroxylation sites is 1. The predicted octanol–water partition coefficient (Wildman–Crippen LogP) is 1.73. The van der Waals surface area contributed by atoms with E-state index < -0.39 is 0 Å². The summed E-state index contributed by atoms with van der Waals surface area (Å²) in [6.45, 7) is 6.23. The number of amides is 1. The maximum atomic E-state index is 12.2. The molecule has 6 heteroatoms. The van der Waals surface area contributed by atoms with Gasteiger partial charge in [-0.3, -0.25) is 4.79 Å². The van der Waals surface area contributed by atoms with E-state index in [-0.39, 0.29) is 5.91 Å². The topological polar surface area (TPSA) is 63.1 Å². The summed E-state index contributed by atoms with van der Waals surface area (Å²) in [5, 5.41) is 10.9. The summed E-state index contributed by atoms with van der Waals surface area (Å²) in [6.07, 6.45) is 4.25. The van der Waals surface area contributed by atoms with Crippen LogP contribution in [0.15, 0.2) is 36.5 Å². The Morgan fingerprint density at radius 3 is 2.74 bits per heavy atom. The molecule has 1 amide bonds. The minimum atomic E-state index is -0.166. The molecule has 1 aromatic carbocycles. The normalized spacial score (nSPS) is 16.4. The van der Waals surface area contributed by atoms with Gasteiger partial charge in [-0.15, -0.1) is 5.10 Å². The van der Waals surface area contributed by atoms with Crippen molar-refractivity contribution in [3.05, 3.63) is 42.2 Å². The fourth-order valence-electron chi connectivity index (χ4n) is 2.90. The number of hydrogen-bond acceptors (Lipinski definition) is 4. The molecule has 3 rings (SSSR count). The lowest BCUT2D eigenvalue weighted by Crippen LogP contribution is -2.34. The van der Waals surface area contributed by atoms with Crippen molar-refractivity contribution in [2.45, 2.75) is 19.8 Å². The molecular weight excluding hydrogens is 290 g/mol. The highest BCUT2D eigenvalue weighted by Gasteiger charge is 2.16. The fraction of sp³-hybridized carbons (Fsp3) is 0.471. The first-order chi connectivity index (χ1) is 11.2. The Morgan fingerprint density at radius 1 is 1.26 bits per heavy atom. The summed E-state index contributed by atoms with van der Waals surface area (Å²) in [4.78, 5) is 14.7. The molecular formula is C17H23N5O. The van der Waals surface area contributed by atoms with Gasteiger partial charge in [0.1, 0.15) is 0 Å². The molecule has 1 fully saturated rings. The van der Waals surface area contributed by atoms with Crippen molar-refractivity contribution < 1.29 is 4.79 Å². The van der Waals surface area contributed by atoms with Crippen molar-refractivity contribution in [2.24, 2.45) is 5.92 Å².